The maximum absolute atomic E-state index is 13.2. The van der Waals surface area contributed by atoms with Gasteiger partial charge < -0.3 is 20.3 Å². The maximum atomic E-state index is 13.2. The van der Waals surface area contributed by atoms with Crippen LogP contribution in [0.1, 0.15) is 35.5 Å². The fourth-order valence-corrected chi connectivity index (χ4v) is 4.29. The number of carbonyl (C=O) groups excluding carboxylic acids is 2. The Bertz CT molecular complexity index is 1220. The number of anilines is 1. The predicted octanol–water partition coefficient (Wildman–Crippen LogP) is 3.57. The summed E-state index contributed by atoms with van der Waals surface area (Å²) >= 11 is 0. The van der Waals surface area contributed by atoms with Gasteiger partial charge in [0.25, 0.3) is 5.91 Å². The highest BCUT2D eigenvalue weighted by Crippen LogP contribution is 2.33. The summed E-state index contributed by atoms with van der Waals surface area (Å²) in [7, 11) is 0. The van der Waals surface area contributed by atoms with E-state index in [-0.39, 0.29) is 12.0 Å². The first-order valence-electron chi connectivity index (χ1n) is 11.8. The largest absolute Gasteiger partial charge is 0.450 e. The second kappa shape index (κ2) is 10.5. The summed E-state index contributed by atoms with van der Waals surface area (Å²) in [6.07, 6.45) is 3.71. The lowest BCUT2D eigenvalue weighted by Crippen LogP contribution is -2.50. The second-order valence-corrected chi connectivity index (χ2v) is 8.38. The monoisotopic (exact) mass is 474 g/mol. The predicted molar refractivity (Wildman–Crippen MR) is 134 cm³/mol. The van der Waals surface area contributed by atoms with Crippen LogP contribution in [0.5, 0.6) is 0 Å². The van der Waals surface area contributed by atoms with Crippen molar-refractivity contribution < 1.29 is 14.3 Å². The average molecular weight is 475 g/mol. The molecular formula is C26H30N6O3. The van der Waals surface area contributed by atoms with Crippen LogP contribution in [0.15, 0.2) is 42.9 Å². The first-order valence-corrected chi connectivity index (χ1v) is 11.8. The lowest BCUT2D eigenvalue weighted by Gasteiger charge is -2.34. The van der Waals surface area contributed by atoms with Crippen molar-refractivity contribution in [3.63, 3.8) is 0 Å². The van der Waals surface area contributed by atoms with Gasteiger partial charge >= 0.3 is 6.09 Å². The molecule has 4 rings (SSSR count). The SMILES string of the molecule is CCOC(=O)N1CCN(C(=O)c2ccc(-c3ncnc(CC)c3-c3ccc(N)nc3)cc2C)CC1. The number of ether oxygens (including phenoxy) is 1. The fourth-order valence-electron chi connectivity index (χ4n) is 4.29. The molecule has 1 aromatic carbocycles. The molecule has 1 saturated heterocycles. The fraction of sp³-hybridized carbons (Fsp3) is 0.346. The minimum Gasteiger partial charge on any atom is -0.450 e. The third-order valence-corrected chi connectivity index (χ3v) is 6.16. The van der Waals surface area contributed by atoms with Crippen molar-refractivity contribution in [1.29, 1.82) is 0 Å². The molecule has 0 unspecified atom stereocenters. The number of aryl methyl sites for hydroxylation is 2. The molecule has 182 valence electrons. The molecule has 2 N–H and O–H groups in total. The van der Waals surface area contributed by atoms with Crippen LogP contribution in [0.3, 0.4) is 0 Å². The molecule has 0 atom stereocenters. The highest BCUT2D eigenvalue weighted by atomic mass is 16.6. The van der Waals surface area contributed by atoms with E-state index in [9.17, 15) is 9.59 Å². The van der Waals surface area contributed by atoms with Crippen LogP contribution < -0.4 is 5.73 Å². The molecule has 1 aliphatic rings. The van der Waals surface area contributed by atoms with Crippen molar-refractivity contribution in [1.82, 2.24) is 24.8 Å². The van der Waals surface area contributed by atoms with Gasteiger partial charge in [-0.3, -0.25) is 4.79 Å². The van der Waals surface area contributed by atoms with E-state index in [4.69, 9.17) is 10.5 Å². The summed E-state index contributed by atoms with van der Waals surface area (Å²) < 4.78 is 5.06. The van der Waals surface area contributed by atoms with E-state index < -0.39 is 0 Å². The number of piperazine rings is 1. The van der Waals surface area contributed by atoms with Crippen molar-refractivity contribution in [2.45, 2.75) is 27.2 Å². The van der Waals surface area contributed by atoms with Crippen LogP contribution in [0, 0.1) is 6.92 Å². The van der Waals surface area contributed by atoms with E-state index in [1.807, 2.05) is 31.2 Å². The zero-order chi connectivity index (χ0) is 24.9. The molecule has 1 aliphatic heterocycles. The summed E-state index contributed by atoms with van der Waals surface area (Å²) in [5, 5.41) is 0. The standard InChI is InChI=1S/C26H30N6O3/c1-4-21-23(19-7-9-22(27)28-15-19)24(30-16-29-21)18-6-8-20(17(3)14-18)25(33)31-10-12-32(13-11-31)26(34)35-5-2/h6-9,14-16H,4-5,10-13H2,1-3H3,(H2,27,28). The number of hydrogen-bond donors (Lipinski definition) is 1. The first-order chi connectivity index (χ1) is 16.9. The number of hydrogen-bond acceptors (Lipinski definition) is 7. The molecule has 0 bridgehead atoms. The number of nitrogens with zero attached hydrogens (tertiary/aromatic N) is 5. The quantitative estimate of drug-likeness (QED) is 0.601. The van der Waals surface area contributed by atoms with Gasteiger partial charge in [0, 0.05) is 54.6 Å². The van der Waals surface area contributed by atoms with E-state index in [1.165, 1.54) is 0 Å². The van der Waals surface area contributed by atoms with Gasteiger partial charge in [0.15, 0.2) is 0 Å². The highest BCUT2D eigenvalue weighted by Gasteiger charge is 2.26. The molecule has 2 amide bonds. The van der Waals surface area contributed by atoms with Gasteiger partial charge in [0.05, 0.1) is 18.0 Å². The normalized spacial score (nSPS) is 13.6. The minimum atomic E-state index is -0.330. The number of benzene rings is 1. The highest BCUT2D eigenvalue weighted by molar-refractivity contribution is 5.96. The lowest BCUT2D eigenvalue weighted by atomic mass is 9.95. The van der Waals surface area contributed by atoms with Crippen LogP contribution in [0.25, 0.3) is 22.4 Å². The Hall–Kier alpha value is -4.01. The second-order valence-electron chi connectivity index (χ2n) is 8.38. The Morgan fingerprint density at radius 3 is 2.31 bits per heavy atom. The number of nitrogen functional groups attached to an aromatic ring is 1. The molecule has 2 aromatic heterocycles. The molecule has 0 radical (unpaired) electrons. The maximum Gasteiger partial charge on any atom is 0.409 e. The molecule has 9 heteroatoms. The van der Waals surface area contributed by atoms with Crippen LogP contribution >= 0.6 is 0 Å². The molecule has 1 fully saturated rings. The average Bonchev–Trinajstić information content (AvgIpc) is 2.88. The van der Waals surface area contributed by atoms with E-state index in [0.29, 0.717) is 44.2 Å². The Kier molecular flexibility index (Phi) is 7.24. The summed E-state index contributed by atoms with van der Waals surface area (Å²) in [5.74, 6) is 0.407. The molecular weight excluding hydrogens is 444 g/mol. The lowest BCUT2D eigenvalue weighted by molar-refractivity contribution is 0.0570. The minimum absolute atomic E-state index is 0.0440. The van der Waals surface area contributed by atoms with Crippen molar-refractivity contribution in [2.24, 2.45) is 0 Å². The van der Waals surface area contributed by atoms with Gasteiger partial charge in [-0.1, -0.05) is 13.0 Å². The van der Waals surface area contributed by atoms with Gasteiger partial charge in [0.1, 0.15) is 12.1 Å². The number of carbonyl (C=O) groups is 2. The zero-order valence-electron chi connectivity index (χ0n) is 20.3. The van der Waals surface area contributed by atoms with Crippen molar-refractivity contribution in [2.75, 3.05) is 38.5 Å². The first kappa shape index (κ1) is 24.1. The molecule has 3 aromatic rings. The molecule has 0 aliphatic carbocycles. The van der Waals surface area contributed by atoms with Gasteiger partial charge in [-0.2, -0.15) is 0 Å². The van der Waals surface area contributed by atoms with E-state index >= 15 is 0 Å². The van der Waals surface area contributed by atoms with Gasteiger partial charge in [-0.05, 0) is 50.1 Å². The molecule has 0 saturated carbocycles. The van der Waals surface area contributed by atoms with Gasteiger partial charge in [-0.15, -0.1) is 0 Å². The number of aromatic nitrogens is 3. The Morgan fingerprint density at radius 2 is 1.69 bits per heavy atom. The zero-order valence-corrected chi connectivity index (χ0v) is 20.3. The summed E-state index contributed by atoms with van der Waals surface area (Å²) in [5.41, 5.74) is 11.7. The topological polar surface area (TPSA) is 115 Å². The van der Waals surface area contributed by atoms with Gasteiger partial charge in [0.2, 0.25) is 0 Å². The number of nitrogens with two attached hydrogens (primary N) is 1. The summed E-state index contributed by atoms with van der Waals surface area (Å²) in [4.78, 5) is 41.9. The smallest absolute Gasteiger partial charge is 0.409 e. The third kappa shape index (κ3) is 5.08. The van der Waals surface area contributed by atoms with Crippen molar-refractivity contribution >= 4 is 17.8 Å². The van der Waals surface area contributed by atoms with E-state index in [1.54, 1.807) is 35.3 Å². The van der Waals surface area contributed by atoms with E-state index in [0.717, 1.165) is 40.1 Å². The van der Waals surface area contributed by atoms with Crippen LogP contribution in [-0.2, 0) is 11.2 Å². The number of pyridine rings is 1. The molecule has 9 nitrogen and oxygen atoms in total. The molecule has 35 heavy (non-hydrogen) atoms. The number of amides is 2. The Morgan fingerprint density at radius 1 is 0.971 bits per heavy atom. The summed E-state index contributed by atoms with van der Waals surface area (Å²) in [6, 6.07) is 9.44. The van der Waals surface area contributed by atoms with Crippen LogP contribution in [-0.4, -0.2) is 69.5 Å². The van der Waals surface area contributed by atoms with Crippen LogP contribution in [0.4, 0.5) is 10.6 Å². The molecule has 3 heterocycles. The third-order valence-electron chi connectivity index (χ3n) is 6.16. The van der Waals surface area contributed by atoms with Crippen LogP contribution in [0.2, 0.25) is 0 Å². The van der Waals surface area contributed by atoms with E-state index in [2.05, 4.69) is 21.9 Å². The summed E-state index contributed by atoms with van der Waals surface area (Å²) in [6.45, 7) is 7.96. The molecule has 0 spiro atoms. The van der Waals surface area contributed by atoms with Gasteiger partial charge in [-0.25, -0.2) is 19.7 Å². The Labute approximate surface area is 205 Å². The number of rotatable bonds is 5. The van der Waals surface area contributed by atoms with Crippen molar-refractivity contribution in [3.8, 4) is 22.4 Å². The Balaban J connectivity index is 1.59. The van der Waals surface area contributed by atoms with Crippen molar-refractivity contribution in [3.05, 3.63) is 59.7 Å².